The lowest BCUT2D eigenvalue weighted by atomic mass is 10.1. The van der Waals surface area contributed by atoms with E-state index in [0.29, 0.717) is 29.7 Å². The maximum Gasteiger partial charge on any atom is 0.283 e. The van der Waals surface area contributed by atoms with Gasteiger partial charge in [-0.3, -0.25) is 9.59 Å². The molecule has 1 aliphatic rings. The molecule has 21 heavy (non-hydrogen) atoms. The number of likely N-dealkylation sites (N-methyl/N-ethyl adjacent to an activating group) is 1. The summed E-state index contributed by atoms with van der Waals surface area (Å²) in [6.45, 7) is 3.36. The Labute approximate surface area is 132 Å². The zero-order valence-electron chi connectivity index (χ0n) is 12.4. The summed E-state index contributed by atoms with van der Waals surface area (Å²) in [6, 6.07) is 0.150. The number of hydrogen-bond donors (Lipinski definition) is 1. The fraction of sp³-hybridized carbons (Fsp3) is 0.643. The van der Waals surface area contributed by atoms with Crippen molar-refractivity contribution < 1.29 is 4.79 Å². The summed E-state index contributed by atoms with van der Waals surface area (Å²) >= 11 is 3.36. The van der Waals surface area contributed by atoms with Crippen LogP contribution in [0.15, 0.2) is 15.5 Å². The van der Waals surface area contributed by atoms with E-state index in [2.05, 4.69) is 33.3 Å². The van der Waals surface area contributed by atoms with E-state index in [1.165, 1.54) is 4.68 Å². The summed E-state index contributed by atoms with van der Waals surface area (Å²) in [5, 5.41) is 7.51. The molecule has 1 aromatic heterocycles. The maximum atomic E-state index is 12.2. The van der Waals surface area contributed by atoms with Gasteiger partial charge in [-0.25, -0.2) is 4.68 Å². The van der Waals surface area contributed by atoms with Crippen molar-refractivity contribution in [3.8, 4) is 0 Å². The Kier molecular flexibility index (Phi) is 5.39. The molecule has 2 rings (SSSR count). The molecule has 6 nitrogen and oxygen atoms in total. The highest BCUT2D eigenvalue weighted by Crippen LogP contribution is 2.20. The average molecular weight is 357 g/mol. The van der Waals surface area contributed by atoms with Gasteiger partial charge in [0.05, 0.1) is 11.9 Å². The van der Waals surface area contributed by atoms with Gasteiger partial charge in [0, 0.05) is 32.6 Å². The number of halogens is 1. The van der Waals surface area contributed by atoms with Gasteiger partial charge in [-0.05, 0) is 28.8 Å². The van der Waals surface area contributed by atoms with Gasteiger partial charge in [-0.15, -0.1) is 0 Å². The number of aromatic nitrogens is 2. The molecule has 0 saturated carbocycles. The first-order valence-electron chi connectivity index (χ1n) is 7.29. The van der Waals surface area contributed by atoms with Gasteiger partial charge in [-0.2, -0.15) is 5.10 Å². The molecule has 1 amide bonds. The molecule has 0 radical (unpaired) electrons. The fourth-order valence-electron chi connectivity index (χ4n) is 2.38. The quantitative estimate of drug-likeness (QED) is 0.873. The van der Waals surface area contributed by atoms with E-state index in [-0.39, 0.29) is 17.5 Å². The third-order valence-corrected chi connectivity index (χ3v) is 4.46. The minimum Gasteiger partial charge on any atom is -0.378 e. The van der Waals surface area contributed by atoms with Gasteiger partial charge in [0.1, 0.15) is 4.47 Å². The summed E-state index contributed by atoms with van der Waals surface area (Å²) in [4.78, 5) is 25.4. The van der Waals surface area contributed by atoms with Gasteiger partial charge in [0.2, 0.25) is 5.91 Å². The van der Waals surface area contributed by atoms with Gasteiger partial charge in [0.15, 0.2) is 0 Å². The normalized spacial score (nSPS) is 18.9. The van der Waals surface area contributed by atoms with E-state index < -0.39 is 0 Å². The summed E-state index contributed by atoms with van der Waals surface area (Å²) in [5.74, 6) is 0.167. The highest BCUT2D eigenvalue weighted by molar-refractivity contribution is 9.10. The maximum absolute atomic E-state index is 12.2. The molecule has 1 N–H and O–H groups in total. The Hall–Kier alpha value is -1.37. The van der Waals surface area contributed by atoms with Crippen LogP contribution in [0.2, 0.25) is 0 Å². The Morgan fingerprint density at radius 1 is 1.48 bits per heavy atom. The third-order valence-electron chi connectivity index (χ3n) is 3.69. The molecule has 7 heteroatoms. The van der Waals surface area contributed by atoms with E-state index >= 15 is 0 Å². The van der Waals surface area contributed by atoms with Crippen LogP contribution in [0.5, 0.6) is 0 Å². The number of carbonyl (C=O) groups excluding carboxylic acids is 1. The zero-order chi connectivity index (χ0) is 15.4. The lowest BCUT2D eigenvalue weighted by Gasteiger charge is -2.30. The Morgan fingerprint density at radius 2 is 2.24 bits per heavy atom. The van der Waals surface area contributed by atoms with Gasteiger partial charge in [0.25, 0.3) is 5.56 Å². The van der Waals surface area contributed by atoms with Crippen molar-refractivity contribution in [1.82, 2.24) is 14.7 Å². The molecule has 1 aliphatic heterocycles. The number of piperidine rings is 1. The molecule has 0 spiro atoms. The van der Waals surface area contributed by atoms with Crippen molar-refractivity contribution >= 4 is 27.5 Å². The summed E-state index contributed by atoms with van der Waals surface area (Å²) in [6.07, 6.45) is 4.94. The van der Waals surface area contributed by atoms with Crippen LogP contribution in [-0.2, 0) is 11.3 Å². The van der Waals surface area contributed by atoms with E-state index in [4.69, 9.17) is 0 Å². The molecule has 2 heterocycles. The van der Waals surface area contributed by atoms with Crippen LogP contribution < -0.4 is 10.9 Å². The molecule has 0 aliphatic carbocycles. The number of likely N-dealkylation sites (tertiary alicyclic amines) is 1. The van der Waals surface area contributed by atoms with Crippen LogP contribution in [-0.4, -0.2) is 40.2 Å². The number of nitrogens with zero attached hydrogens (tertiary/aromatic N) is 3. The number of carbonyl (C=O) groups is 1. The number of unbranched alkanes of at least 4 members (excludes halogenated alkanes) is 1. The Balaban J connectivity index is 2.09. The molecule has 1 fully saturated rings. The highest BCUT2D eigenvalue weighted by atomic mass is 79.9. The molecule has 0 bridgehead atoms. The van der Waals surface area contributed by atoms with Gasteiger partial charge >= 0.3 is 0 Å². The first kappa shape index (κ1) is 16.0. The molecule has 116 valence electrons. The van der Waals surface area contributed by atoms with Crippen molar-refractivity contribution in [1.29, 1.82) is 0 Å². The van der Waals surface area contributed by atoms with Gasteiger partial charge < -0.3 is 10.2 Å². The summed E-state index contributed by atoms with van der Waals surface area (Å²) in [7, 11) is 1.80. The van der Waals surface area contributed by atoms with Crippen molar-refractivity contribution in [3.05, 3.63) is 21.0 Å². The molecule has 1 saturated heterocycles. The van der Waals surface area contributed by atoms with E-state index in [9.17, 15) is 9.59 Å². The average Bonchev–Trinajstić information content (AvgIpc) is 2.47. The molecule has 1 atom stereocenters. The second-order valence-electron chi connectivity index (χ2n) is 5.41. The Morgan fingerprint density at radius 3 is 2.90 bits per heavy atom. The minimum absolute atomic E-state index is 0.117. The predicted molar refractivity (Wildman–Crippen MR) is 85.4 cm³/mol. The first-order chi connectivity index (χ1) is 10.0. The number of rotatable bonds is 5. The number of hydrogen-bond acceptors (Lipinski definition) is 4. The van der Waals surface area contributed by atoms with Crippen LogP contribution in [0.25, 0.3) is 0 Å². The number of amides is 1. The molecular formula is C14H21BrN4O2. The Bertz CT molecular complexity index is 573. The third kappa shape index (κ3) is 3.84. The standard InChI is InChI=1S/C14H21BrN4O2/c1-3-4-7-19-14(21)13(15)11(8-16-19)17-10-5-6-12(20)18(2)9-10/h8,10,17H,3-7,9H2,1-2H3. The molecule has 0 aromatic carbocycles. The van der Waals surface area contributed by atoms with Crippen LogP contribution >= 0.6 is 15.9 Å². The zero-order valence-corrected chi connectivity index (χ0v) is 14.0. The van der Waals surface area contributed by atoms with Crippen molar-refractivity contribution in [2.75, 3.05) is 18.9 Å². The fourth-order valence-corrected chi connectivity index (χ4v) is 2.80. The SMILES string of the molecule is CCCCn1ncc(NC2CCC(=O)N(C)C2)c(Br)c1=O. The molecule has 1 unspecified atom stereocenters. The summed E-state index contributed by atoms with van der Waals surface area (Å²) < 4.78 is 1.99. The number of anilines is 1. The van der Waals surface area contributed by atoms with Gasteiger partial charge in [-0.1, -0.05) is 13.3 Å². The largest absolute Gasteiger partial charge is 0.378 e. The van der Waals surface area contributed by atoms with Crippen molar-refractivity contribution in [2.24, 2.45) is 0 Å². The van der Waals surface area contributed by atoms with E-state index in [0.717, 1.165) is 19.3 Å². The molecule has 1 aromatic rings. The summed E-state index contributed by atoms with van der Waals surface area (Å²) in [5.41, 5.74) is 0.578. The predicted octanol–water partition coefficient (Wildman–Crippen LogP) is 1.84. The molecular weight excluding hydrogens is 336 g/mol. The topological polar surface area (TPSA) is 67.2 Å². The smallest absolute Gasteiger partial charge is 0.283 e. The van der Waals surface area contributed by atoms with Crippen molar-refractivity contribution in [2.45, 2.75) is 45.2 Å². The van der Waals surface area contributed by atoms with Crippen molar-refractivity contribution in [3.63, 3.8) is 0 Å². The van der Waals surface area contributed by atoms with E-state index in [1.54, 1.807) is 18.1 Å². The highest BCUT2D eigenvalue weighted by Gasteiger charge is 2.23. The van der Waals surface area contributed by atoms with Crippen LogP contribution in [0.4, 0.5) is 5.69 Å². The van der Waals surface area contributed by atoms with Crippen LogP contribution in [0, 0.1) is 0 Å². The first-order valence-corrected chi connectivity index (χ1v) is 8.08. The van der Waals surface area contributed by atoms with Crippen LogP contribution in [0.1, 0.15) is 32.6 Å². The second kappa shape index (κ2) is 7.06. The monoisotopic (exact) mass is 356 g/mol. The lowest BCUT2D eigenvalue weighted by Crippen LogP contribution is -2.43. The number of nitrogens with one attached hydrogen (secondary N) is 1. The minimum atomic E-state index is -0.117. The number of aryl methyl sites for hydroxylation is 1. The van der Waals surface area contributed by atoms with Crippen LogP contribution in [0.3, 0.4) is 0 Å². The second-order valence-corrected chi connectivity index (χ2v) is 6.20. The van der Waals surface area contributed by atoms with E-state index in [1.807, 2.05) is 0 Å². The lowest BCUT2D eigenvalue weighted by molar-refractivity contribution is -0.132.